The SMILES string of the molecule is CCOC(=O)Nc1cccc(-c2c(N)c3ccc(OCCn4cncn4)cc3n2CC)c1. The van der Waals surface area contributed by atoms with Crippen LogP contribution in [0.15, 0.2) is 55.1 Å². The fraction of sp³-hybridized carbons (Fsp3) is 0.261. The number of aromatic nitrogens is 4. The number of aryl methyl sites for hydroxylation is 1. The number of nitrogens with one attached hydrogen (secondary N) is 1. The Morgan fingerprint density at radius 3 is 2.81 bits per heavy atom. The summed E-state index contributed by atoms with van der Waals surface area (Å²) in [6.07, 6.45) is 2.68. The van der Waals surface area contributed by atoms with Crippen molar-refractivity contribution >= 4 is 28.4 Å². The summed E-state index contributed by atoms with van der Waals surface area (Å²) in [6.45, 7) is 5.96. The van der Waals surface area contributed by atoms with Crippen LogP contribution in [-0.4, -0.2) is 38.6 Å². The highest BCUT2D eigenvalue weighted by Gasteiger charge is 2.17. The predicted molar refractivity (Wildman–Crippen MR) is 124 cm³/mol. The van der Waals surface area contributed by atoms with E-state index >= 15 is 0 Å². The minimum Gasteiger partial charge on any atom is -0.492 e. The molecule has 1 amide bonds. The monoisotopic (exact) mass is 434 g/mol. The summed E-state index contributed by atoms with van der Waals surface area (Å²) in [7, 11) is 0. The van der Waals surface area contributed by atoms with E-state index in [-0.39, 0.29) is 0 Å². The number of hydrogen-bond acceptors (Lipinski definition) is 6. The molecule has 0 aliphatic heterocycles. The number of amides is 1. The molecule has 0 bridgehead atoms. The fourth-order valence-electron chi connectivity index (χ4n) is 3.72. The average Bonchev–Trinajstić information content (AvgIpc) is 3.40. The molecule has 2 aromatic heterocycles. The number of fused-ring (bicyclic) bond motifs is 1. The molecular formula is C23H26N6O3. The maximum atomic E-state index is 11.8. The molecule has 0 spiro atoms. The van der Waals surface area contributed by atoms with Gasteiger partial charge in [0.2, 0.25) is 0 Å². The molecule has 4 aromatic rings. The molecular weight excluding hydrogens is 408 g/mol. The van der Waals surface area contributed by atoms with Gasteiger partial charge in [-0.1, -0.05) is 12.1 Å². The van der Waals surface area contributed by atoms with Crippen molar-refractivity contribution in [2.24, 2.45) is 0 Å². The van der Waals surface area contributed by atoms with Gasteiger partial charge in [-0.3, -0.25) is 5.32 Å². The number of hydrogen-bond donors (Lipinski definition) is 2. The van der Waals surface area contributed by atoms with Gasteiger partial charge in [0.15, 0.2) is 0 Å². The lowest BCUT2D eigenvalue weighted by atomic mass is 10.1. The summed E-state index contributed by atoms with van der Waals surface area (Å²) < 4.78 is 14.8. The lowest BCUT2D eigenvalue weighted by Crippen LogP contribution is -2.13. The van der Waals surface area contributed by atoms with E-state index in [0.29, 0.717) is 31.1 Å². The molecule has 0 unspecified atom stereocenters. The summed E-state index contributed by atoms with van der Waals surface area (Å²) in [4.78, 5) is 15.7. The van der Waals surface area contributed by atoms with Gasteiger partial charge in [0.1, 0.15) is 25.0 Å². The van der Waals surface area contributed by atoms with Crippen LogP contribution in [0.3, 0.4) is 0 Å². The molecule has 0 aliphatic carbocycles. The molecule has 0 fully saturated rings. The lowest BCUT2D eigenvalue weighted by molar-refractivity contribution is 0.168. The van der Waals surface area contributed by atoms with Crippen LogP contribution in [-0.2, 0) is 17.8 Å². The molecule has 9 heteroatoms. The normalized spacial score (nSPS) is 10.9. The van der Waals surface area contributed by atoms with Gasteiger partial charge >= 0.3 is 6.09 Å². The molecule has 2 aromatic carbocycles. The minimum absolute atomic E-state index is 0.311. The van der Waals surface area contributed by atoms with Crippen molar-refractivity contribution in [3.63, 3.8) is 0 Å². The summed E-state index contributed by atoms with van der Waals surface area (Å²) in [5.41, 5.74) is 10.7. The molecule has 4 rings (SSSR count). The predicted octanol–water partition coefficient (Wildman–Crippen LogP) is 4.15. The van der Waals surface area contributed by atoms with E-state index in [0.717, 1.165) is 34.5 Å². The highest BCUT2D eigenvalue weighted by Crippen LogP contribution is 2.38. The maximum Gasteiger partial charge on any atom is 0.411 e. The first-order valence-corrected chi connectivity index (χ1v) is 10.5. The number of benzene rings is 2. The first-order valence-electron chi connectivity index (χ1n) is 10.5. The summed E-state index contributed by atoms with van der Waals surface area (Å²) >= 11 is 0. The highest BCUT2D eigenvalue weighted by molar-refractivity contribution is 6.02. The number of ether oxygens (including phenoxy) is 2. The Bertz CT molecular complexity index is 1220. The van der Waals surface area contributed by atoms with Crippen molar-refractivity contribution in [3.8, 4) is 17.0 Å². The second-order valence-electron chi connectivity index (χ2n) is 7.12. The van der Waals surface area contributed by atoms with Crippen LogP contribution >= 0.6 is 0 Å². The third-order valence-corrected chi connectivity index (χ3v) is 5.10. The van der Waals surface area contributed by atoms with Crippen LogP contribution in [0.5, 0.6) is 5.75 Å². The number of nitrogen functional groups attached to an aromatic ring is 1. The first kappa shape index (κ1) is 21.2. The van der Waals surface area contributed by atoms with Crippen LogP contribution in [0.1, 0.15) is 13.8 Å². The number of anilines is 2. The molecule has 0 aliphatic rings. The van der Waals surface area contributed by atoms with Gasteiger partial charge in [-0.05, 0) is 38.1 Å². The van der Waals surface area contributed by atoms with Gasteiger partial charge in [-0.2, -0.15) is 5.10 Å². The molecule has 0 saturated heterocycles. The zero-order valence-corrected chi connectivity index (χ0v) is 18.1. The Hall–Kier alpha value is -4.01. The molecule has 166 valence electrons. The smallest absolute Gasteiger partial charge is 0.411 e. The summed E-state index contributed by atoms with van der Waals surface area (Å²) in [5, 5.41) is 7.78. The van der Waals surface area contributed by atoms with E-state index in [4.69, 9.17) is 15.2 Å². The van der Waals surface area contributed by atoms with Gasteiger partial charge < -0.3 is 19.8 Å². The van der Waals surface area contributed by atoms with Crippen molar-refractivity contribution in [3.05, 3.63) is 55.1 Å². The Morgan fingerprint density at radius 1 is 1.19 bits per heavy atom. The number of nitrogens with two attached hydrogens (primary N) is 1. The van der Waals surface area contributed by atoms with Crippen molar-refractivity contribution in [2.45, 2.75) is 26.9 Å². The van der Waals surface area contributed by atoms with E-state index in [1.165, 1.54) is 6.33 Å². The quantitative estimate of drug-likeness (QED) is 0.431. The molecule has 3 N–H and O–H groups in total. The number of nitrogens with zero attached hydrogens (tertiary/aromatic N) is 4. The van der Waals surface area contributed by atoms with Gasteiger partial charge in [-0.25, -0.2) is 14.5 Å². The topological polar surface area (TPSA) is 109 Å². The van der Waals surface area contributed by atoms with E-state index in [9.17, 15) is 4.79 Å². The Morgan fingerprint density at radius 2 is 2.06 bits per heavy atom. The van der Waals surface area contributed by atoms with Gasteiger partial charge in [0.25, 0.3) is 0 Å². The van der Waals surface area contributed by atoms with E-state index in [1.54, 1.807) is 17.9 Å². The van der Waals surface area contributed by atoms with Crippen molar-refractivity contribution < 1.29 is 14.3 Å². The van der Waals surface area contributed by atoms with Crippen molar-refractivity contribution in [2.75, 3.05) is 24.3 Å². The average molecular weight is 435 g/mol. The van der Waals surface area contributed by atoms with Crippen LogP contribution in [0.2, 0.25) is 0 Å². The lowest BCUT2D eigenvalue weighted by Gasteiger charge is -2.12. The molecule has 0 saturated carbocycles. The molecule has 2 heterocycles. The standard InChI is InChI=1S/C23H26N6O3/c1-3-29-20-13-18(32-11-10-28-15-25-14-26-28)8-9-19(20)21(24)22(29)16-6-5-7-17(12-16)27-23(30)31-4-2/h5-9,12-15H,3-4,10-11,24H2,1-2H3,(H,27,30). The van der Waals surface area contributed by atoms with Crippen LogP contribution < -0.4 is 15.8 Å². The zero-order chi connectivity index (χ0) is 22.5. The van der Waals surface area contributed by atoms with E-state index in [1.807, 2.05) is 42.5 Å². The first-order chi connectivity index (χ1) is 15.6. The summed E-state index contributed by atoms with van der Waals surface area (Å²) in [5.74, 6) is 0.758. The van der Waals surface area contributed by atoms with Gasteiger partial charge in [0, 0.05) is 29.2 Å². The van der Waals surface area contributed by atoms with Crippen molar-refractivity contribution in [1.29, 1.82) is 0 Å². The number of carbonyl (C=O) groups is 1. The summed E-state index contributed by atoms with van der Waals surface area (Å²) in [6, 6.07) is 13.5. The highest BCUT2D eigenvalue weighted by atomic mass is 16.5. The van der Waals surface area contributed by atoms with Crippen LogP contribution in [0.4, 0.5) is 16.2 Å². The second-order valence-corrected chi connectivity index (χ2v) is 7.12. The third kappa shape index (κ3) is 4.36. The zero-order valence-electron chi connectivity index (χ0n) is 18.1. The van der Waals surface area contributed by atoms with E-state index in [2.05, 4.69) is 26.9 Å². The Labute approximate surface area is 185 Å². The van der Waals surface area contributed by atoms with Gasteiger partial charge in [-0.15, -0.1) is 0 Å². The minimum atomic E-state index is -0.485. The molecule has 0 atom stereocenters. The number of rotatable bonds is 8. The molecule has 32 heavy (non-hydrogen) atoms. The third-order valence-electron chi connectivity index (χ3n) is 5.10. The maximum absolute atomic E-state index is 11.8. The van der Waals surface area contributed by atoms with Crippen LogP contribution in [0.25, 0.3) is 22.2 Å². The Kier molecular flexibility index (Phi) is 6.25. The van der Waals surface area contributed by atoms with Crippen molar-refractivity contribution in [1.82, 2.24) is 19.3 Å². The molecule has 0 radical (unpaired) electrons. The molecule has 9 nitrogen and oxygen atoms in total. The van der Waals surface area contributed by atoms with Gasteiger partial charge in [0.05, 0.1) is 30.0 Å². The Balaban J connectivity index is 1.63. The second kappa shape index (κ2) is 9.42. The van der Waals surface area contributed by atoms with E-state index < -0.39 is 6.09 Å². The fourth-order valence-corrected chi connectivity index (χ4v) is 3.72. The largest absolute Gasteiger partial charge is 0.492 e. The number of carbonyl (C=O) groups excluding carboxylic acids is 1. The van der Waals surface area contributed by atoms with Crippen LogP contribution in [0, 0.1) is 0 Å².